The molecule has 21 heavy (non-hydrogen) atoms. The van der Waals surface area contributed by atoms with Gasteiger partial charge < -0.3 is 9.47 Å². The minimum absolute atomic E-state index is 0.0724. The summed E-state index contributed by atoms with van der Waals surface area (Å²) in [5.74, 6) is 1.32. The Hall–Kier alpha value is -1.53. The van der Waals surface area contributed by atoms with Gasteiger partial charge in [-0.2, -0.15) is 0 Å². The topological polar surface area (TPSA) is 38.8 Å². The van der Waals surface area contributed by atoms with Crippen molar-refractivity contribution in [1.29, 1.82) is 0 Å². The van der Waals surface area contributed by atoms with E-state index in [2.05, 4.69) is 0 Å². The highest BCUT2D eigenvalue weighted by molar-refractivity contribution is 8.26. The maximum absolute atomic E-state index is 12.0. The number of carbonyl (C=O) groups excluding carboxylic acids is 1. The SMILES string of the molecule is CCOc1ccc(C=C2SC(=S)N(C)C2=O)cc1OCC. The molecule has 6 heteroatoms. The predicted molar refractivity (Wildman–Crippen MR) is 89.7 cm³/mol. The fourth-order valence-corrected chi connectivity index (χ4v) is 3.03. The first-order chi connectivity index (χ1) is 10.1. The van der Waals surface area contributed by atoms with Gasteiger partial charge in [0.1, 0.15) is 4.32 Å². The minimum atomic E-state index is -0.0724. The van der Waals surface area contributed by atoms with Crippen molar-refractivity contribution >= 4 is 40.3 Å². The first kappa shape index (κ1) is 15.9. The number of likely N-dealkylation sites (N-methyl/N-ethyl adjacent to an activating group) is 1. The molecule has 1 aliphatic rings. The molecule has 0 bridgehead atoms. The van der Waals surface area contributed by atoms with Crippen molar-refractivity contribution in [3.05, 3.63) is 28.7 Å². The van der Waals surface area contributed by atoms with Gasteiger partial charge in [-0.15, -0.1) is 0 Å². The smallest absolute Gasteiger partial charge is 0.265 e. The number of amides is 1. The van der Waals surface area contributed by atoms with Crippen LogP contribution in [0, 0.1) is 0 Å². The predicted octanol–water partition coefficient (Wildman–Crippen LogP) is 3.32. The minimum Gasteiger partial charge on any atom is -0.490 e. The van der Waals surface area contributed by atoms with E-state index < -0.39 is 0 Å². The van der Waals surface area contributed by atoms with Gasteiger partial charge in [0.05, 0.1) is 18.1 Å². The summed E-state index contributed by atoms with van der Waals surface area (Å²) >= 11 is 6.42. The number of thioether (sulfide) groups is 1. The molecule has 1 aliphatic heterocycles. The lowest BCUT2D eigenvalue weighted by atomic mass is 10.2. The summed E-state index contributed by atoms with van der Waals surface area (Å²) in [6.07, 6.45) is 1.82. The molecule has 1 amide bonds. The number of rotatable bonds is 5. The quantitative estimate of drug-likeness (QED) is 0.614. The van der Waals surface area contributed by atoms with E-state index in [-0.39, 0.29) is 5.91 Å². The molecule has 1 aromatic carbocycles. The Labute approximate surface area is 134 Å². The fourth-order valence-electron chi connectivity index (χ4n) is 1.85. The Kier molecular flexibility index (Phi) is 5.25. The molecular weight excluding hydrogens is 306 g/mol. The van der Waals surface area contributed by atoms with Crippen LogP contribution in [0.3, 0.4) is 0 Å². The third kappa shape index (κ3) is 3.57. The summed E-state index contributed by atoms with van der Waals surface area (Å²) in [5.41, 5.74) is 0.885. The van der Waals surface area contributed by atoms with Gasteiger partial charge >= 0.3 is 0 Å². The molecule has 1 fully saturated rings. The highest BCUT2D eigenvalue weighted by Gasteiger charge is 2.28. The molecule has 1 heterocycles. The molecule has 2 rings (SSSR count). The molecule has 0 saturated carbocycles. The maximum Gasteiger partial charge on any atom is 0.265 e. The summed E-state index contributed by atoms with van der Waals surface area (Å²) in [7, 11) is 1.68. The van der Waals surface area contributed by atoms with E-state index in [9.17, 15) is 4.79 Å². The van der Waals surface area contributed by atoms with E-state index >= 15 is 0 Å². The Morgan fingerprint density at radius 2 is 1.90 bits per heavy atom. The molecule has 0 radical (unpaired) electrons. The number of thiocarbonyl (C=S) groups is 1. The molecular formula is C15H17NO3S2. The highest BCUT2D eigenvalue weighted by Crippen LogP contribution is 2.34. The normalized spacial score (nSPS) is 16.7. The number of hydrogen-bond acceptors (Lipinski definition) is 5. The zero-order chi connectivity index (χ0) is 15.4. The van der Waals surface area contributed by atoms with Crippen LogP contribution < -0.4 is 9.47 Å². The van der Waals surface area contributed by atoms with E-state index in [1.807, 2.05) is 38.1 Å². The number of ether oxygens (including phenoxy) is 2. The van der Waals surface area contributed by atoms with Crippen LogP contribution >= 0.6 is 24.0 Å². The van der Waals surface area contributed by atoms with Crippen molar-refractivity contribution in [2.24, 2.45) is 0 Å². The van der Waals surface area contributed by atoms with Crippen molar-refractivity contribution < 1.29 is 14.3 Å². The maximum atomic E-state index is 12.0. The second kappa shape index (κ2) is 6.95. The zero-order valence-electron chi connectivity index (χ0n) is 12.2. The molecule has 1 saturated heterocycles. The number of benzene rings is 1. The van der Waals surface area contributed by atoms with Crippen LogP contribution in [0.4, 0.5) is 0 Å². The first-order valence-electron chi connectivity index (χ1n) is 6.68. The van der Waals surface area contributed by atoms with Crippen LogP contribution in [-0.4, -0.2) is 35.4 Å². The van der Waals surface area contributed by atoms with Gasteiger partial charge in [-0.05, 0) is 37.6 Å². The summed E-state index contributed by atoms with van der Waals surface area (Å²) < 4.78 is 11.7. The Morgan fingerprint density at radius 1 is 1.24 bits per heavy atom. The lowest BCUT2D eigenvalue weighted by Gasteiger charge is -2.11. The van der Waals surface area contributed by atoms with Gasteiger partial charge in [-0.25, -0.2) is 0 Å². The van der Waals surface area contributed by atoms with E-state index in [0.717, 1.165) is 5.56 Å². The zero-order valence-corrected chi connectivity index (χ0v) is 13.8. The molecule has 0 spiro atoms. The second-order valence-corrected chi connectivity index (χ2v) is 5.99. The molecule has 0 aromatic heterocycles. The Morgan fingerprint density at radius 3 is 2.48 bits per heavy atom. The molecule has 0 N–H and O–H groups in total. The average Bonchev–Trinajstić information content (AvgIpc) is 2.70. The van der Waals surface area contributed by atoms with Crippen molar-refractivity contribution in [3.8, 4) is 11.5 Å². The Balaban J connectivity index is 2.30. The van der Waals surface area contributed by atoms with Crippen LogP contribution in [0.15, 0.2) is 23.1 Å². The van der Waals surface area contributed by atoms with Gasteiger partial charge in [-0.1, -0.05) is 30.0 Å². The lowest BCUT2D eigenvalue weighted by molar-refractivity contribution is -0.121. The first-order valence-corrected chi connectivity index (χ1v) is 7.90. The van der Waals surface area contributed by atoms with Crippen molar-refractivity contribution in [2.45, 2.75) is 13.8 Å². The van der Waals surface area contributed by atoms with Crippen LogP contribution in [0.1, 0.15) is 19.4 Å². The number of nitrogens with zero attached hydrogens (tertiary/aromatic N) is 1. The lowest BCUT2D eigenvalue weighted by Crippen LogP contribution is -2.22. The van der Waals surface area contributed by atoms with Crippen molar-refractivity contribution in [2.75, 3.05) is 20.3 Å². The number of hydrogen-bond donors (Lipinski definition) is 0. The number of carbonyl (C=O) groups is 1. The summed E-state index contributed by atoms with van der Waals surface area (Å²) in [5, 5.41) is 0. The standard InChI is InChI=1S/C15H17NO3S2/c1-4-18-11-7-6-10(8-12(11)19-5-2)9-13-14(17)16(3)15(20)21-13/h6-9H,4-5H2,1-3H3. The molecule has 4 nitrogen and oxygen atoms in total. The Bertz CT molecular complexity index is 599. The molecule has 112 valence electrons. The summed E-state index contributed by atoms with van der Waals surface area (Å²) in [6, 6.07) is 5.62. The van der Waals surface area contributed by atoms with Crippen molar-refractivity contribution in [1.82, 2.24) is 4.90 Å². The van der Waals surface area contributed by atoms with E-state index in [1.165, 1.54) is 16.7 Å². The second-order valence-electron chi connectivity index (χ2n) is 4.31. The van der Waals surface area contributed by atoms with Crippen LogP contribution in [0.25, 0.3) is 6.08 Å². The van der Waals surface area contributed by atoms with E-state index in [4.69, 9.17) is 21.7 Å². The summed E-state index contributed by atoms with van der Waals surface area (Å²) in [4.78, 5) is 14.1. The van der Waals surface area contributed by atoms with Crippen LogP contribution in [0.5, 0.6) is 11.5 Å². The highest BCUT2D eigenvalue weighted by atomic mass is 32.2. The molecule has 0 atom stereocenters. The molecule has 1 aromatic rings. The van der Waals surface area contributed by atoms with Gasteiger partial charge in [0, 0.05) is 7.05 Å². The summed E-state index contributed by atoms with van der Waals surface area (Å²) in [6.45, 7) is 4.98. The van der Waals surface area contributed by atoms with Gasteiger partial charge in [0.15, 0.2) is 11.5 Å². The monoisotopic (exact) mass is 323 g/mol. The van der Waals surface area contributed by atoms with E-state index in [1.54, 1.807) is 7.05 Å². The molecule has 0 unspecified atom stereocenters. The van der Waals surface area contributed by atoms with Crippen LogP contribution in [-0.2, 0) is 4.79 Å². The molecule has 0 aliphatic carbocycles. The third-order valence-electron chi connectivity index (χ3n) is 2.85. The van der Waals surface area contributed by atoms with Gasteiger partial charge in [-0.3, -0.25) is 9.69 Å². The van der Waals surface area contributed by atoms with Crippen molar-refractivity contribution in [3.63, 3.8) is 0 Å². The fraction of sp³-hybridized carbons (Fsp3) is 0.333. The van der Waals surface area contributed by atoms with Crippen LogP contribution in [0.2, 0.25) is 0 Å². The van der Waals surface area contributed by atoms with Gasteiger partial charge in [0.25, 0.3) is 5.91 Å². The largest absolute Gasteiger partial charge is 0.490 e. The van der Waals surface area contributed by atoms with Gasteiger partial charge in [0.2, 0.25) is 0 Å². The average molecular weight is 323 g/mol. The third-order valence-corrected chi connectivity index (χ3v) is 4.34. The van der Waals surface area contributed by atoms with E-state index in [0.29, 0.717) is 33.9 Å².